The van der Waals surface area contributed by atoms with Crippen molar-refractivity contribution >= 4 is 18.6 Å². The summed E-state index contributed by atoms with van der Waals surface area (Å²) in [7, 11) is 0. The van der Waals surface area contributed by atoms with E-state index in [-0.39, 0.29) is 0 Å². The van der Waals surface area contributed by atoms with E-state index < -0.39 is 0 Å². The van der Waals surface area contributed by atoms with Crippen LogP contribution in [-0.4, -0.2) is 12.4 Å². The van der Waals surface area contributed by atoms with E-state index in [1.807, 2.05) is 24.3 Å². The Morgan fingerprint density at radius 1 is 0.842 bits per heavy atom. The van der Waals surface area contributed by atoms with Crippen molar-refractivity contribution in [3.63, 3.8) is 0 Å². The predicted molar refractivity (Wildman–Crippen MR) is 77.2 cm³/mol. The molecule has 1 heterocycles. The van der Waals surface area contributed by atoms with Gasteiger partial charge in [-0.05, 0) is 18.2 Å². The molecule has 0 aromatic heterocycles. The Morgan fingerprint density at radius 2 is 1.74 bits per heavy atom. The number of fused-ring (bicyclic) bond motifs is 1. The average Bonchev–Trinajstić information content (AvgIpc) is 2.45. The van der Waals surface area contributed by atoms with E-state index in [2.05, 4.69) is 15.0 Å². The fourth-order valence-electron chi connectivity index (χ4n) is 1.34. The van der Waals surface area contributed by atoms with Crippen LogP contribution in [0.15, 0.2) is 76.3 Å². The Kier molecular flexibility index (Phi) is 5.05. The van der Waals surface area contributed by atoms with Gasteiger partial charge in [0.05, 0.1) is 17.8 Å². The molecule has 0 saturated heterocycles. The van der Waals surface area contributed by atoms with E-state index in [1.54, 1.807) is 43.2 Å². The molecule has 0 spiro atoms. The Bertz CT molecular complexity index is 667. The van der Waals surface area contributed by atoms with Crippen molar-refractivity contribution in [3.8, 4) is 0 Å². The number of allylic oxidation sites excluding steroid dienone is 2. The van der Waals surface area contributed by atoms with Crippen LogP contribution >= 0.6 is 0 Å². The molecule has 0 aliphatic carbocycles. The van der Waals surface area contributed by atoms with Gasteiger partial charge in [0, 0.05) is 30.0 Å². The van der Waals surface area contributed by atoms with Gasteiger partial charge in [-0.2, -0.15) is 0 Å². The fourth-order valence-corrected chi connectivity index (χ4v) is 1.34. The number of rotatable bonds is 0. The zero-order valence-electron chi connectivity index (χ0n) is 10.3. The van der Waals surface area contributed by atoms with Crippen LogP contribution in [0.25, 0.3) is 6.20 Å². The van der Waals surface area contributed by atoms with E-state index in [0.717, 1.165) is 10.6 Å². The summed E-state index contributed by atoms with van der Waals surface area (Å²) in [6, 6.07) is 7.77. The standard InChI is InChI=1S/C15H13N3O/c1-2-6-15-14(5-1)13-17-9-8-16-10-12-19-11-4-3-7-18-15/h1-13H. The SMILES string of the molecule is C1=CN=c2ccccc2=CN=CC=NC=COC=C1. The molecular weight excluding hydrogens is 238 g/mol. The smallest absolute Gasteiger partial charge is 0.108 e. The Morgan fingerprint density at radius 3 is 2.74 bits per heavy atom. The number of para-hydroxylation sites is 1. The van der Waals surface area contributed by atoms with Gasteiger partial charge < -0.3 is 4.74 Å². The first kappa shape index (κ1) is 12.7. The molecule has 94 valence electrons. The van der Waals surface area contributed by atoms with E-state index in [1.165, 1.54) is 12.5 Å². The minimum absolute atomic E-state index is 0.857. The molecule has 0 bridgehead atoms. The van der Waals surface area contributed by atoms with E-state index in [0.29, 0.717) is 0 Å². The summed E-state index contributed by atoms with van der Waals surface area (Å²) in [5.41, 5.74) is 0. The van der Waals surface area contributed by atoms with Crippen molar-refractivity contribution in [2.45, 2.75) is 0 Å². The third-order valence-corrected chi connectivity index (χ3v) is 2.18. The Balaban J connectivity index is 2.41. The number of hydrogen-bond donors (Lipinski definition) is 0. The molecule has 0 radical (unpaired) electrons. The van der Waals surface area contributed by atoms with Gasteiger partial charge in [-0.25, -0.2) is 0 Å². The van der Waals surface area contributed by atoms with Gasteiger partial charge in [0.2, 0.25) is 0 Å². The third kappa shape index (κ3) is 4.55. The van der Waals surface area contributed by atoms with E-state index >= 15 is 0 Å². The lowest BCUT2D eigenvalue weighted by molar-refractivity contribution is 0.402. The lowest BCUT2D eigenvalue weighted by atomic mass is 10.3. The second-order valence-electron chi connectivity index (χ2n) is 3.50. The lowest BCUT2D eigenvalue weighted by Crippen LogP contribution is -2.23. The fraction of sp³-hybridized carbons (Fsp3) is 0. The van der Waals surface area contributed by atoms with Crippen LogP contribution in [-0.2, 0) is 4.74 Å². The summed E-state index contributed by atoms with van der Waals surface area (Å²) < 4.78 is 5.06. The van der Waals surface area contributed by atoms with Crippen LogP contribution in [0.2, 0.25) is 0 Å². The molecule has 4 heteroatoms. The summed E-state index contributed by atoms with van der Waals surface area (Å²) in [4.78, 5) is 12.5. The maximum absolute atomic E-state index is 5.06. The molecule has 0 fully saturated rings. The zero-order valence-corrected chi connectivity index (χ0v) is 10.3. The van der Waals surface area contributed by atoms with Crippen molar-refractivity contribution in [1.29, 1.82) is 0 Å². The number of aliphatic imine (C=N–C) groups is 2. The summed E-state index contributed by atoms with van der Waals surface area (Å²) in [5, 5.41) is 1.80. The van der Waals surface area contributed by atoms with Crippen LogP contribution in [0.5, 0.6) is 0 Å². The monoisotopic (exact) mass is 251 g/mol. The molecule has 0 saturated carbocycles. The normalized spacial score (nSPS) is 14.5. The predicted octanol–water partition coefficient (Wildman–Crippen LogP) is 1.71. The highest BCUT2D eigenvalue weighted by molar-refractivity contribution is 6.16. The second-order valence-corrected chi connectivity index (χ2v) is 3.50. The highest BCUT2D eigenvalue weighted by Gasteiger charge is 1.82. The molecule has 1 aromatic carbocycles. The van der Waals surface area contributed by atoms with E-state index in [4.69, 9.17) is 4.74 Å². The molecule has 2 rings (SSSR count). The van der Waals surface area contributed by atoms with Gasteiger partial charge in [0.1, 0.15) is 6.26 Å². The molecule has 1 aliphatic rings. The zero-order chi connectivity index (χ0) is 13.2. The van der Waals surface area contributed by atoms with Crippen molar-refractivity contribution < 1.29 is 4.74 Å². The maximum Gasteiger partial charge on any atom is 0.108 e. The maximum atomic E-state index is 5.06. The van der Waals surface area contributed by atoms with Gasteiger partial charge in [-0.1, -0.05) is 18.2 Å². The molecule has 0 atom stereocenters. The molecule has 1 aliphatic heterocycles. The minimum Gasteiger partial charge on any atom is -0.471 e. The minimum atomic E-state index is 0.857. The number of hydrogen-bond acceptors (Lipinski definition) is 4. The van der Waals surface area contributed by atoms with Gasteiger partial charge in [-0.15, -0.1) is 0 Å². The lowest BCUT2D eigenvalue weighted by Gasteiger charge is -1.86. The topological polar surface area (TPSA) is 46.3 Å². The molecular formula is C15H13N3O. The average molecular weight is 251 g/mol. The molecule has 19 heavy (non-hydrogen) atoms. The van der Waals surface area contributed by atoms with Crippen LogP contribution in [0, 0.1) is 0 Å². The van der Waals surface area contributed by atoms with Crippen LogP contribution in [0.1, 0.15) is 0 Å². The molecule has 0 N–H and O–H groups in total. The molecule has 0 unspecified atom stereocenters. The summed E-state index contributed by atoms with van der Waals surface area (Å²) in [5.74, 6) is 0. The summed E-state index contributed by atoms with van der Waals surface area (Å²) in [6.07, 6.45) is 14.7. The molecule has 4 nitrogen and oxygen atoms in total. The van der Waals surface area contributed by atoms with Crippen molar-refractivity contribution in [3.05, 3.63) is 71.9 Å². The van der Waals surface area contributed by atoms with Gasteiger partial charge >= 0.3 is 0 Å². The first-order valence-corrected chi connectivity index (χ1v) is 5.77. The van der Waals surface area contributed by atoms with Crippen molar-refractivity contribution in [2.75, 3.05) is 0 Å². The van der Waals surface area contributed by atoms with Crippen molar-refractivity contribution in [1.82, 2.24) is 0 Å². The largest absolute Gasteiger partial charge is 0.471 e. The highest BCUT2D eigenvalue weighted by atomic mass is 16.5. The quantitative estimate of drug-likeness (QED) is 0.692. The van der Waals surface area contributed by atoms with Crippen LogP contribution in [0.4, 0.5) is 0 Å². The highest BCUT2D eigenvalue weighted by Crippen LogP contribution is 1.84. The molecule has 0 amide bonds. The van der Waals surface area contributed by atoms with Crippen molar-refractivity contribution in [2.24, 2.45) is 15.0 Å². The van der Waals surface area contributed by atoms with E-state index in [9.17, 15) is 0 Å². The Hall–Kier alpha value is -2.75. The third-order valence-electron chi connectivity index (χ3n) is 2.18. The number of ether oxygens (including phenoxy) is 1. The Labute approximate surface area is 111 Å². The first-order valence-electron chi connectivity index (χ1n) is 5.77. The van der Waals surface area contributed by atoms with Gasteiger partial charge in [-0.3, -0.25) is 15.0 Å². The summed E-state index contributed by atoms with van der Waals surface area (Å²) in [6.45, 7) is 0. The van der Waals surface area contributed by atoms with Gasteiger partial charge in [0.25, 0.3) is 0 Å². The van der Waals surface area contributed by atoms with Crippen LogP contribution in [0.3, 0.4) is 0 Å². The molecule has 1 aromatic rings. The van der Waals surface area contributed by atoms with Crippen LogP contribution < -0.4 is 10.6 Å². The first-order chi connectivity index (χ1) is 9.47. The second kappa shape index (κ2) is 7.55. The number of nitrogens with zero attached hydrogens (tertiary/aromatic N) is 3. The number of benzene rings is 1. The van der Waals surface area contributed by atoms with Gasteiger partial charge in [0.15, 0.2) is 0 Å². The summed E-state index contributed by atoms with van der Waals surface area (Å²) >= 11 is 0.